The number of carbonyl (C=O) groups is 2. The number of amides is 1. The van der Waals surface area contributed by atoms with Crippen LogP contribution in [0, 0.1) is 6.92 Å². The molecule has 6 heteroatoms. The second-order valence-corrected chi connectivity index (χ2v) is 7.20. The van der Waals surface area contributed by atoms with E-state index in [4.69, 9.17) is 11.6 Å². The number of benzene rings is 2. The molecule has 1 aromatic heterocycles. The van der Waals surface area contributed by atoms with Gasteiger partial charge < -0.3 is 5.11 Å². The minimum atomic E-state index is -0.838. The molecular formula is C23H17ClN2O3. The maximum absolute atomic E-state index is 13.0. The Morgan fingerprint density at radius 2 is 1.69 bits per heavy atom. The second kappa shape index (κ2) is 7.53. The number of aromatic nitrogens is 1. The number of aliphatic hydroxyl groups is 1. The SMILES string of the molecule is Cc1ccc(N2C(=O)C(=O)/C(=C(\O)c3ccc(Cl)cc3)C2c2ccccn2)cc1. The summed E-state index contributed by atoms with van der Waals surface area (Å²) in [6, 6.07) is 18.1. The molecular weight excluding hydrogens is 388 g/mol. The van der Waals surface area contributed by atoms with Gasteiger partial charge in [-0.2, -0.15) is 0 Å². The van der Waals surface area contributed by atoms with E-state index < -0.39 is 17.7 Å². The van der Waals surface area contributed by atoms with Crippen molar-refractivity contribution in [2.45, 2.75) is 13.0 Å². The van der Waals surface area contributed by atoms with Crippen molar-refractivity contribution in [2.75, 3.05) is 4.90 Å². The highest BCUT2D eigenvalue weighted by atomic mass is 35.5. The molecule has 1 aliphatic heterocycles. The molecule has 1 aliphatic rings. The Morgan fingerprint density at radius 1 is 1.00 bits per heavy atom. The third-order valence-electron chi connectivity index (χ3n) is 4.84. The van der Waals surface area contributed by atoms with Crippen LogP contribution in [0.3, 0.4) is 0 Å². The van der Waals surface area contributed by atoms with Crippen LogP contribution in [0.15, 0.2) is 78.5 Å². The molecule has 0 aliphatic carbocycles. The van der Waals surface area contributed by atoms with Gasteiger partial charge in [0.05, 0.1) is 11.3 Å². The van der Waals surface area contributed by atoms with Crippen molar-refractivity contribution in [1.29, 1.82) is 0 Å². The maximum atomic E-state index is 13.0. The van der Waals surface area contributed by atoms with Crippen LogP contribution < -0.4 is 4.90 Å². The summed E-state index contributed by atoms with van der Waals surface area (Å²) in [5.41, 5.74) is 2.47. The van der Waals surface area contributed by atoms with Gasteiger partial charge in [-0.3, -0.25) is 19.5 Å². The summed E-state index contributed by atoms with van der Waals surface area (Å²) in [6.07, 6.45) is 1.59. The fourth-order valence-electron chi connectivity index (χ4n) is 3.38. The zero-order valence-electron chi connectivity index (χ0n) is 15.5. The number of pyridine rings is 1. The summed E-state index contributed by atoms with van der Waals surface area (Å²) in [6.45, 7) is 1.94. The smallest absolute Gasteiger partial charge is 0.300 e. The number of hydrogen-bond acceptors (Lipinski definition) is 4. The van der Waals surface area contributed by atoms with E-state index in [2.05, 4.69) is 4.98 Å². The topological polar surface area (TPSA) is 70.5 Å². The van der Waals surface area contributed by atoms with E-state index in [-0.39, 0.29) is 11.3 Å². The molecule has 1 N–H and O–H groups in total. The Bertz CT molecular complexity index is 1110. The van der Waals surface area contributed by atoms with Crippen LogP contribution in [0.1, 0.15) is 22.9 Å². The number of nitrogens with zero attached hydrogens (tertiary/aromatic N) is 2. The van der Waals surface area contributed by atoms with Crippen LogP contribution in [-0.2, 0) is 9.59 Å². The normalized spacial score (nSPS) is 18.3. The third kappa shape index (κ3) is 3.41. The molecule has 3 aromatic rings. The summed E-state index contributed by atoms with van der Waals surface area (Å²) in [5, 5.41) is 11.5. The molecule has 2 heterocycles. The van der Waals surface area contributed by atoms with Gasteiger partial charge in [0.1, 0.15) is 11.8 Å². The zero-order valence-corrected chi connectivity index (χ0v) is 16.3. The largest absolute Gasteiger partial charge is 0.507 e. The highest BCUT2D eigenvalue weighted by Gasteiger charge is 2.47. The molecule has 1 amide bonds. The van der Waals surface area contributed by atoms with Crippen molar-refractivity contribution in [1.82, 2.24) is 4.98 Å². The van der Waals surface area contributed by atoms with E-state index in [1.165, 1.54) is 4.90 Å². The van der Waals surface area contributed by atoms with Crippen molar-refractivity contribution in [3.63, 3.8) is 0 Å². The predicted octanol–water partition coefficient (Wildman–Crippen LogP) is 4.67. The molecule has 4 rings (SSSR count). The Labute approximate surface area is 172 Å². The van der Waals surface area contributed by atoms with E-state index in [0.717, 1.165) is 5.56 Å². The van der Waals surface area contributed by atoms with E-state index in [0.29, 0.717) is 22.0 Å². The lowest BCUT2D eigenvalue weighted by Gasteiger charge is -2.24. The van der Waals surface area contributed by atoms with Crippen molar-refractivity contribution >= 4 is 34.7 Å². The van der Waals surface area contributed by atoms with Crippen LogP contribution in [0.25, 0.3) is 5.76 Å². The van der Waals surface area contributed by atoms with E-state index in [1.54, 1.807) is 60.8 Å². The molecule has 1 saturated heterocycles. The van der Waals surface area contributed by atoms with E-state index >= 15 is 0 Å². The molecule has 29 heavy (non-hydrogen) atoms. The summed E-state index contributed by atoms with van der Waals surface area (Å²) < 4.78 is 0. The number of ketones is 1. The third-order valence-corrected chi connectivity index (χ3v) is 5.09. The number of hydrogen-bond donors (Lipinski definition) is 1. The van der Waals surface area contributed by atoms with Crippen molar-refractivity contribution in [3.05, 3.63) is 100 Å². The van der Waals surface area contributed by atoms with Gasteiger partial charge >= 0.3 is 0 Å². The number of Topliss-reactive ketones (excluding diaryl/α,β-unsaturated/α-hetero) is 1. The molecule has 0 radical (unpaired) electrons. The number of halogens is 1. The number of carbonyl (C=O) groups excluding carboxylic acids is 2. The Balaban J connectivity index is 1.93. The van der Waals surface area contributed by atoms with Gasteiger partial charge in [0.2, 0.25) is 0 Å². The van der Waals surface area contributed by atoms with Crippen LogP contribution in [0.4, 0.5) is 5.69 Å². The number of aliphatic hydroxyl groups excluding tert-OH is 1. The first-order chi connectivity index (χ1) is 14.0. The molecule has 0 spiro atoms. The molecule has 5 nitrogen and oxygen atoms in total. The van der Waals surface area contributed by atoms with Gasteiger partial charge in [0.15, 0.2) is 0 Å². The van der Waals surface area contributed by atoms with E-state index in [1.807, 2.05) is 19.1 Å². The van der Waals surface area contributed by atoms with Gasteiger partial charge in [0.25, 0.3) is 11.7 Å². The highest BCUT2D eigenvalue weighted by molar-refractivity contribution is 6.51. The van der Waals surface area contributed by atoms with Crippen molar-refractivity contribution in [3.8, 4) is 0 Å². The molecule has 1 unspecified atom stereocenters. The lowest BCUT2D eigenvalue weighted by Crippen LogP contribution is -2.29. The first-order valence-electron chi connectivity index (χ1n) is 9.02. The Hall–Kier alpha value is -3.44. The van der Waals surface area contributed by atoms with Gasteiger partial charge in [-0.05, 0) is 55.5 Å². The molecule has 1 fully saturated rings. The number of rotatable bonds is 3. The fraction of sp³-hybridized carbons (Fsp3) is 0.0870. The van der Waals surface area contributed by atoms with Gasteiger partial charge in [-0.15, -0.1) is 0 Å². The van der Waals surface area contributed by atoms with Gasteiger partial charge in [-0.25, -0.2) is 0 Å². The quantitative estimate of drug-likeness (QED) is 0.391. The molecule has 144 valence electrons. The monoisotopic (exact) mass is 404 g/mol. The summed E-state index contributed by atoms with van der Waals surface area (Å²) in [4.78, 5) is 31.6. The van der Waals surface area contributed by atoms with Crippen LogP contribution in [0.2, 0.25) is 5.02 Å². The predicted molar refractivity (Wildman–Crippen MR) is 112 cm³/mol. The van der Waals surface area contributed by atoms with Crippen LogP contribution in [-0.4, -0.2) is 21.8 Å². The minimum Gasteiger partial charge on any atom is -0.507 e. The molecule has 0 bridgehead atoms. The lowest BCUT2D eigenvalue weighted by molar-refractivity contribution is -0.132. The second-order valence-electron chi connectivity index (χ2n) is 6.77. The average Bonchev–Trinajstić information content (AvgIpc) is 3.00. The average molecular weight is 405 g/mol. The number of anilines is 1. The lowest BCUT2D eigenvalue weighted by atomic mass is 9.98. The number of aryl methyl sites for hydroxylation is 1. The van der Waals surface area contributed by atoms with Crippen molar-refractivity contribution < 1.29 is 14.7 Å². The van der Waals surface area contributed by atoms with Crippen LogP contribution >= 0.6 is 11.6 Å². The first kappa shape index (κ1) is 18.9. The Morgan fingerprint density at radius 3 is 2.31 bits per heavy atom. The summed E-state index contributed by atoms with van der Waals surface area (Å²) in [5.74, 6) is -1.72. The summed E-state index contributed by atoms with van der Waals surface area (Å²) in [7, 11) is 0. The first-order valence-corrected chi connectivity index (χ1v) is 9.39. The maximum Gasteiger partial charge on any atom is 0.300 e. The fourth-order valence-corrected chi connectivity index (χ4v) is 3.51. The zero-order chi connectivity index (χ0) is 20.5. The molecule has 1 atom stereocenters. The van der Waals surface area contributed by atoms with Crippen LogP contribution in [0.5, 0.6) is 0 Å². The van der Waals surface area contributed by atoms with E-state index in [9.17, 15) is 14.7 Å². The summed E-state index contributed by atoms with van der Waals surface area (Å²) >= 11 is 5.93. The molecule has 0 saturated carbocycles. The van der Waals surface area contributed by atoms with Gasteiger partial charge in [0, 0.05) is 22.5 Å². The van der Waals surface area contributed by atoms with Crippen molar-refractivity contribution in [2.24, 2.45) is 0 Å². The van der Waals surface area contributed by atoms with Gasteiger partial charge in [-0.1, -0.05) is 35.4 Å². The Kier molecular flexibility index (Phi) is 4.91. The highest BCUT2D eigenvalue weighted by Crippen LogP contribution is 2.41. The molecule has 2 aromatic carbocycles. The standard InChI is InChI=1S/C23H17ClN2O3/c1-14-5-11-17(12-6-14)26-20(18-4-2-3-13-25-18)19(22(28)23(26)29)21(27)15-7-9-16(24)10-8-15/h2-13,20,27H,1H3/b21-19-. The minimum absolute atomic E-state index is 0.00315.